The summed E-state index contributed by atoms with van der Waals surface area (Å²) in [4.78, 5) is 13.4. The number of piperidine rings is 1. The molecule has 18 heavy (non-hydrogen) atoms. The second-order valence-electron chi connectivity index (χ2n) is 6.72. The Morgan fingerprint density at radius 1 is 1.39 bits per heavy atom. The van der Waals surface area contributed by atoms with Crippen molar-refractivity contribution in [3.8, 4) is 0 Å². The monoisotopic (exact) mass is 254 g/mol. The van der Waals surface area contributed by atoms with E-state index in [0.717, 1.165) is 37.5 Å². The van der Waals surface area contributed by atoms with E-state index in [-0.39, 0.29) is 11.3 Å². The van der Waals surface area contributed by atoms with E-state index in [1.807, 2.05) is 0 Å². The number of hydrogen-bond acceptors (Lipinski definition) is 3. The number of rotatable bonds is 6. The number of likely N-dealkylation sites (tertiary alicyclic amines) is 1. The maximum absolute atomic E-state index is 10.9. The van der Waals surface area contributed by atoms with Crippen molar-refractivity contribution < 1.29 is 9.53 Å². The molecule has 3 atom stereocenters. The van der Waals surface area contributed by atoms with Gasteiger partial charge in [-0.2, -0.15) is 0 Å². The van der Waals surface area contributed by atoms with Crippen LogP contribution in [0.4, 0.5) is 0 Å². The quantitative estimate of drug-likeness (QED) is 0.768. The van der Waals surface area contributed by atoms with Gasteiger partial charge in [-0.25, -0.2) is 0 Å². The first-order valence-electron chi connectivity index (χ1n) is 6.89. The summed E-state index contributed by atoms with van der Waals surface area (Å²) in [5.74, 6) is 2.46. The lowest BCUT2D eigenvalue weighted by Gasteiger charge is -2.30. The zero-order valence-corrected chi connectivity index (χ0v) is 12.0. The number of methoxy groups -OCH3 is 1. The van der Waals surface area contributed by atoms with Crippen LogP contribution in [0.3, 0.4) is 0 Å². The maximum atomic E-state index is 10.9. The molecule has 2 aliphatic rings. The molecule has 0 aromatic heterocycles. The summed E-state index contributed by atoms with van der Waals surface area (Å²) in [5.41, 5.74) is 0.235. The van der Waals surface area contributed by atoms with Crippen LogP contribution < -0.4 is 5.32 Å². The maximum Gasteiger partial charge on any atom is 0.216 e. The van der Waals surface area contributed by atoms with Crippen LogP contribution in [-0.4, -0.2) is 50.7 Å². The molecule has 2 fully saturated rings. The topological polar surface area (TPSA) is 41.6 Å². The van der Waals surface area contributed by atoms with Gasteiger partial charge in [-0.1, -0.05) is 13.8 Å². The zero-order chi connectivity index (χ0) is 13.3. The molecule has 0 aromatic rings. The van der Waals surface area contributed by atoms with Crippen LogP contribution in [0.25, 0.3) is 0 Å². The molecule has 1 heterocycles. The minimum atomic E-state index is 0.0954. The molecular weight excluding hydrogens is 228 g/mol. The van der Waals surface area contributed by atoms with Crippen LogP contribution >= 0.6 is 0 Å². The van der Waals surface area contributed by atoms with E-state index in [2.05, 4.69) is 24.1 Å². The Bertz CT molecular complexity index is 305. The number of fused-ring (bicyclic) bond motifs is 1. The average molecular weight is 254 g/mol. The number of nitrogens with one attached hydrogen (secondary N) is 1. The highest BCUT2D eigenvalue weighted by Gasteiger charge is 2.55. The molecule has 1 amide bonds. The van der Waals surface area contributed by atoms with E-state index in [1.54, 1.807) is 14.0 Å². The van der Waals surface area contributed by atoms with Crippen molar-refractivity contribution in [3.63, 3.8) is 0 Å². The van der Waals surface area contributed by atoms with E-state index >= 15 is 0 Å². The number of amides is 1. The molecule has 1 aliphatic heterocycles. The molecule has 0 aromatic carbocycles. The highest BCUT2D eigenvalue weighted by Crippen LogP contribution is 2.51. The van der Waals surface area contributed by atoms with E-state index in [0.29, 0.717) is 0 Å². The molecule has 2 unspecified atom stereocenters. The Balaban J connectivity index is 1.69. The van der Waals surface area contributed by atoms with Gasteiger partial charge in [-0.15, -0.1) is 0 Å². The lowest BCUT2D eigenvalue weighted by Crippen LogP contribution is -2.38. The van der Waals surface area contributed by atoms with Crippen molar-refractivity contribution in [3.05, 3.63) is 0 Å². The van der Waals surface area contributed by atoms with Crippen molar-refractivity contribution in [2.45, 2.75) is 20.8 Å². The van der Waals surface area contributed by atoms with Crippen molar-refractivity contribution in [1.82, 2.24) is 10.2 Å². The fourth-order valence-electron chi connectivity index (χ4n) is 3.47. The number of nitrogens with zero attached hydrogens (tertiary/aromatic N) is 1. The molecule has 1 saturated carbocycles. The molecule has 2 rings (SSSR count). The summed E-state index contributed by atoms with van der Waals surface area (Å²) in [6.07, 6.45) is 0. The first kappa shape index (κ1) is 13.8. The van der Waals surface area contributed by atoms with Gasteiger partial charge in [0.1, 0.15) is 0 Å². The molecule has 4 nitrogen and oxygen atoms in total. The normalized spacial score (nSPS) is 31.2. The Morgan fingerprint density at radius 3 is 2.50 bits per heavy atom. The summed E-state index contributed by atoms with van der Waals surface area (Å²) < 4.78 is 5.27. The summed E-state index contributed by atoms with van der Waals surface area (Å²) in [7, 11) is 1.77. The predicted octanol–water partition coefficient (Wildman–Crippen LogP) is 0.973. The Labute approximate surface area is 110 Å². The lowest BCUT2D eigenvalue weighted by molar-refractivity contribution is -0.119. The Hall–Kier alpha value is -0.610. The van der Waals surface area contributed by atoms with E-state index in [1.165, 1.54) is 13.1 Å². The summed E-state index contributed by atoms with van der Waals surface area (Å²) in [6.45, 7) is 11.3. The third-order valence-corrected chi connectivity index (χ3v) is 4.22. The highest BCUT2D eigenvalue weighted by molar-refractivity contribution is 5.72. The number of carbonyl (C=O) groups is 1. The minimum Gasteiger partial charge on any atom is -0.384 e. The lowest BCUT2D eigenvalue weighted by atomic mass is 9.94. The molecule has 1 aliphatic carbocycles. The van der Waals surface area contributed by atoms with Crippen LogP contribution in [0, 0.1) is 23.2 Å². The van der Waals surface area contributed by atoms with Crippen LogP contribution in [0.1, 0.15) is 20.8 Å². The van der Waals surface area contributed by atoms with Gasteiger partial charge >= 0.3 is 0 Å². The second kappa shape index (κ2) is 5.17. The van der Waals surface area contributed by atoms with Gasteiger partial charge in [0.15, 0.2) is 0 Å². The fourth-order valence-corrected chi connectivity index (χ4v) is 3.47. The molecule has 104 valence electrons. The SMILES string of the molecule is COCC(C)(C)CN1CC2C(CNC(C)=O)[C@H]2C1. The Kier molecular flexibility index (Phi) is 3.97. The van der Waals surface area contributed by atoms with E-state index < -0.39 is 0 Å². The van der Waals surface area contributed by atoms with Gasteiger partial charge in [-0.05, 0) is 17.8 Å². The first-order chi connectivity index (χ1) is 8.43. The molecule has 4 heteroatoms. The second-order valence-corrected chi connectivity index (χ2v) is 6.72. The van der Waals surface area contributed by atoms with Crippen LogP contribution in [-0.2, 0) is 9.53 Å². The van der Waals surface area contributed by atoms with Crippen LogP contribution in [0.15, 0.2) is 0 Å². The third-order valence-electron chi connectivity index (χ3n) is 4.22. The number of hydrogen-bond donors (Lipinski definition) is 1. The van der Waals surface area contributed by atoms with Gasteiger partial charge < -0.3 is 15.0 Å². The highest BCUT2D eigenvalue weighted by atomic mass is 16.5. The standard InChI is InChI=1S/C14H26N2O2/c1-10(17)15-5-11-12-6-16(7-13(11)12)8-14(2,3)9-18-4/h11-13H,5-9H2,1-4H3,(H,15,17)/t11?,12-,13?/m1/s1. The molecular formula is C14H26N2O2. The smallest absolute Gasteiger partial charge is 0.216 e. The van der Waals surface area contributed by atoms with Crippen molar-refractivity contribution in [2.24, 2.45) is 23.2 Å². The van der Waals surface area contributed by atoms with Crippen LogP contribution in [0.5, 0.6) is 0 Å². The van der Waals surface area contributed by atoms with E-state index in [4.69, 9.17) is 4.74 Å². The average Bonchev–Trinajstić information content (AvgIpc) is 2.68. The van der Waals surface area contributed by atoms with Gasteiger partial charge in [0.25, 0.3) is 0 Å². The fraction of sp³-hybridized carbons (Fsp3) is 0.929. The summed E-state index contributed by atoms with van der Waals surface area (Å²) in [5, 5.41) is 2.94. The molecule has 0 spiro atoms. The number of carbonyl (C=O) groups excluding carboxylic acids is 1. The van der Waals surface area contributed by atoms with Crippen LogP contribution in [0.2, 0.25) is 0 Å². The summed E-state index contributed by atoms with van der Waals surface area (Å²) >= 11 is 0. The number of ether oxygens (including phenoxy) is 1. The first-order valence-corrected chi connectivity index (χ1v) is 6.89. The van der Waals surface area contributed by atoms with Crippen molar-refractivity contribution in [2.75, 3.05) is 39.9 Å². The van der Waals surface area contributed by atoms with Gasteiger partial charge in [0, 0.05) is 45.6 Å². The van der Waals surface area contributed by atoms with E-state index in [9.17, 15) is 4.79 Å². The zero-order valence-electron chi connectivity index (χ0n) is 12.0. The van der Waals surface area contributed by atoms with Crippen molar-refractivity contribution in [1.29, 1.82) is 0 Å². The van der Waals surface area contributed by atoms with Crippen molar-refractivity contribution >= 4 is 5.91 Å². The van der Waals surface area contributed by atoms with Gasteiger partial charge in [0.05, 0.1) is 6.61 Å². The molecule has 0 bridgehead atoms. The minimum absolute atomic E-state index is 0.0954. The third kappa shape index (κ3) is 3.23. The largest absolute Gasteiger partial charge is 0.384 e. The molecule has 1 N–H and O–H groups in total. The van der Waals surface area contributed by atoms with Gasteiger partial charge in [-0.3, -0.25) is 4.79 Å². The van der Waals surface area contributed by atoms with Gasteiger partial charge in [0.2, 0.25) is 5.91 Å². The molecule has 1 saturated heterocycles. The summed E-state index contributed by atoms with van der Waals surface area (Å²) in [6, 6.07) is 0. The predicted molar refractivity (Wildman–Crippen MR) is 71.3 cm³/mol. The Morgan fingerprint density at radius 2 is 2.00 bits per heavy atom. The molecule has 0 radical (unpaired) electrons.